The zero-order valence-corrected chi connectivity index (χ0v) is 19.0. The number of nitrogens with one attached hydrogen (secondary N) is 1. The fourth-order valence-electron chi connectivity index (χ4n) is 5.21. The van der Waals surface area contributed by atoms with Gasteiger partial charge in [-0.15, -0.1) is 0 Å². The molecule has 3 N–H and O–H groups in total. The SMILES string of the molecule is NC1CCC(CN2CCC(C#Cc3ccn4c(N5CCC(=O)NC5=O)cnc4c3)CC2)CC1. The molecule has 1 aliphatic carbocycles. The van der Waals surface area contributed by atoms with Crippen molar-refractivity contribution in [1.29, 1.82) is 0 Å². The lowest BCUT2D eigenvalue weighted by atomic mass is 9.85. The Labute approximate surface area is 194 Å². The Morgan fingerprint density at radius 3 is 2.64 bits per heavy atom. The molecular formula is C25H32N6O2. The van der Waals surface area contributed by atoms with Gasteiger partial charge in [0.2, 0.25) is 5.91 Å². The van der Waals surface area contributed by atoms with E-state index >= 15 is 0 Å². The van der Waals surface area contributed by atoms with Crippen molar-refractivity contribution in [1.82, 2.24) is 19.6 Å². The molecule has 0 spiro atoms. The number of fused-ring (bicyclic) bond motifs is 1. The van der Waals surface area contributed by atoms with Gasteiger partial charge in [0, 0.05) is 43.2 Å². The van der Waals surface area contributed by atoms with Crippen molar-refractivity contribution < 1.29 is 9.59 Å². The average Bonchev–Trinajstić information content (AvgIpc) is 3.23. The highest BCUT2D eigenvalue weighted by Crippen LogP contribution is 2.26. The Hall–Kier alpha value is -2.89. The van der Waals surface area contributed by atoms with Crippen molar-refractivity contribution in [2.24, 2.45) is 17.6 Å². The molecule has 33 heavy (non-hydrogen) atoms. The van der Waals surface area contributed by atoms with Gasteiger partial charge in [-0.25, -0.2) is 9.78 Å². The van der Waals surface area contributed by atoms with Gasteiger partial charge in [-0.1, -0.05) is 11.8 Å². The van der Waals surface area contributed by atoms with E-state index in [2.05, 4.69) is 27.0 Å². The summed E-state index contributed by atoms with van der Waals surface area (Å²) in [6, 6.07) is 3.92. The van der Waals surface area contributed by atoms with Crippen LogP contribution in [0.3, 0.4) is 0 Å². The number of hydrogen-bond acceptors (Lipinski definition) is 5. The number of pyridine rings is 1. The molecule has 174 valence electrons. The lowest BCUT2D eigenvalue weighted by molar-refractivity contribution is -0.120. The van der Waals surface area contributed by atoms with E-state index in [1.54, 1.807) is 11.1 Å². The number of imidazole rings is 1. The molecule has 2 saturated heterocycles. The Morgan fingerprint density at radius 1 is 1.09 bits per heavy atom. The first-order chi connectivity index (χ1) is 16.0. The summed E-state index contributed by atoms with van der Waals surface area (Å²) in [5, 5.41) is 2.35. The summed E-state index contributed by atoms with van der Waals surface area (Å²) < 4.78 is 1.86. The van der Waals surface area contributed by atoms with Crippen LogP contribution >= 0.6 is 0 Å². The fourth-order valence-corrected chi connectivity index (χ4v) is 5.21. The highest BCUT2D eigenvalue weighted by Gasteiger charge is 2.27. The molecule has 0 aromatic carbocycles. The van der Waals surface area contributed by atoms with Crippen LogP contribution in [-0.2, 0) is 4.79 Å². The highest BCUT2D eigenvalue weighted by atomic mass is 16.2. The molecule has 2 aromatic rings. The van der Waals surface area contributed by atoms with Crippen molar-refractivity contribution in [3.05, 3.63) is 30.1 Å². The maximum absolute atomic E-state index is 12.2. The largest absolute Gasteiger partial charge is 0.329 e. The molecule has 0 unspecified atom stereocenters. The number of nitrogens with two attached hydrogens (primary N) is 1. The second-order valence-corrected chi connectivity index (χ2v) is 9.64. The summed E-state index contributed by atoms with van der Waals surface area (Å²) in [6.45, 7) is 3.83. The summed E-state index contributed by atoms with van der Waals surface area (Å²) in [4.78, 5) is 32.2. The molecule has 3 fully saturated rings. The normalized spacial score (nSPS) is 25.1. The number of carbonyl (C=O) groups excluding carboxylic acids is 2. The molecule has 8 nitrogen and oxygen atoms in total. The molecule has 0 bridgehead atoms. The van der Waals surface area contributed by atoms with Crippen LogP contribution in [-0.4, -0.2) is 58.4 Å². The Morgan fingerprint density at radius 2 is 1.88 bits per heavy atom. The van der Waals surface area contributed by atoms with Crippen LogP contribution in [0.25, 0.3) is 5.65 Å². The molecule has 3 amide bonds. The van der Waals surface area contributed by atoms with E-state index in [9.17, 15) is 9.59 Å². The van der Waals surface area contributed by atoms with Gasteiger partial charge in [0.05, 0.1) is 6.20 Å². The zero-order chi connectivity index (χ0) is 22.8. The summed E-state index contributed by atoms with van der Waals surface area (Å²) in [5.41, 5.74) is 7.71. The van der Waals surface area contributed by atoms with Crippen molar-refractivity contribution in [2.75, 3.05) is 31.1 Å². The third-order valence-electron chi connectivity index (χ3n) is 7.24. The van der Waals surface area contributed by atoms with Crippen LogP contribution in [0.15, 0.2) is 24.5 Å². The van der Waals surface area contributed by atoms with Crippen LogP contribution in [0.5, 0.6) is 0 Å². The lowest BCUT2D eigenvalue weighted by Gasteiger charge is -2.35. The molecular weight excluding hydrogens is 416 g/mol. The molecule has 3 aliphatic rings. The molecule has 2 aromatic heterocycles. The van der Waals surface area contributed by atoms with Gasteiger partial charge in [-0.3, -0.25) is 19.4 Å². The monoisotopic (exact) mass is 448 g/mol. The first-order valence-corrected chi connectivity index (χ1v) is 12.1. The third kappa shape index (κ3) is 5.05. The third-order valence-corrected chi connectivity index (χ3v) is 7.24. The predicted molar refractivity (Wildman–Crippen MR) is 127 cm³/mol. The first kappa shape index (κ1) is 21.9. The highest BCUT2D eigenvalue weighted by molar-refractivity contribution is 6.05. The van der Waals surface area contributed by atoms with E-state index in [1.165, 1.54) is 32.2 Å². The van der Waals surface area contributed by atoms with Crippen molar-refractivity contribution >= 4 is 23.4 Å². The summed E-state index contributed by atoms with van der Waals surface area (Å²) in [6.07, 6.45) is 11.0. The number of piperidine rings is 1. The molecule has 0 atom stereocenters. The van der Waals surface area contributed by atoms with Gasteiger partial charge < -0.3 is 10.6 Å². The molecule has 5 rings (SSSR count). The minimum absolute atomic E-state index is 0.243. The Kier molecular flexibility index (Phi) is 6.34. The molecule has 4 heterocycles. The van der Waals surface area contributed by atoms with E-state index in [1.807, 2.05) is 22.7 Å². The molecule has 8 heteroatoms. The van der Waals surface area contributed by atoms with Crippen LogP contribution in [0, 0.1) is 23.7 Å². The number of nitrogens with zero attached hydrogens (tertiary/aromatic N) is 4. The van der Waals surface area contributed by atoms with Gasteiger partial charge >= 0.3 is 6.03 Å². The van der Waals surface area contributed by atoms with E-state index in [0.717, 1.165) is 43.1 Å². The molecule has 2 aliphatic heterocycles. The lowest BCUT2D eigenvalue weighted by Crippen LogP contribution is -2.50. The number of urea groups is 1. The summed E-state index contributed by atoms with van der Waals surface area (Å²) in [7, 11) is 0. The average molecular weight is 449 g/mol. The molecule has 0 radical (unpaired) electrons. The van der Waals surface area contributed by atoms with Gasteiger partial charge in [-0.05, 0) is 69.7 Å². The van der Waals surface area contributed by atoms with E-state index in [0.29, 0.717) is 24.3 Å². The van der Waals surface area contributed by atoms with Crippen molar-refractivity contribution in [3.63, 3.8) is 0 Å². The van der Waals surface area contributed by atoms with Crippen molar-refractivity contribution in [2.45, 2.75) is 51.0 Å². The maximum Gasteiger partial charge on any atom is 0.329 e. The van der Waals surface area contributed by atoms with Crippen LogP contribution in [0.4, 0.5) is 10.6 Å². The smallest absolute Gasteiger partial charge is 0.328 e. The first-order valence-electron chi connectivity index (χ1n) is 12.1. The van der Waals surface area contributed by atoms with Crippen LogP contribution in [0.2, 0.25) is 0 Å². The number of amides is 3. The predicted octanol–water partition coefficient (Wildman–Crippen LogP) is 2.36. The van der Waals surface area contributed by atoms with Gasteiger partial charge in [0.15, 0.2) is 0 Å². The maximum atomic E-state index is 12.2. The summed E-state index contributed by atoms with van der Waals surface area (Å²) >= 11 is 0. The fraction of sp³-hybridized carbons (Fsp3) is 0.560. The Bertz CT molecular complexity index is 1080. The van der Waals surface area contributed by atoms with Crippen molar-refractivity contribution in [3.8, 4) is 11.8 Å². The standard InChI is InChI=1S/C25H32N6O2/c26-21-5-3-20(4-6-21)17-29-11-7-18(8-12-29)1-2-19-9-13-30-22(15-19)27-16-24(30)31-14-10-23(32)28-25(31)33/h9,13,15-16,18,20-21H,3-8,10-12,14,17,26H2,(H,28,32,33). The number of imide groups is 1. The minimum atomic E-state index is -0.407. The quantitative estimate of drug-likeness (QED) is 0.703. The number of aromatic nitrogens is 2. The molecule has 1 saturated carbocycles. The summed E-state index contributed by atoms with van der Waals surface area (Å²) in [5.74, 6) is 8.47. The van der Waals surface area contributed by atoms with E-state index in [4.69, 9.17) is 5.73 Å². The van der Waals surface area contributed by atoms with Crippen LogP contribution in [0.1, 0.15) is 50.5 Å². The van der Waals surface area contributed by atoms with E-state index < -0.39 is 6.03 Å². The Balaban J connectivity index is 1.18. The number of hydrogen-bond donors (Lipinski definition) is 2. The number of anilines is 1. The van der Waals surface area contributed by atoms with E-state index in [-0.39, 0.29) is 12.3 Å². The number of rotatable bonds is 3. The number of likely N-dealkylation sites (tertiary alicyclic amines) is 1. The number of carbonyl (C=O) groups is 2. The van der Waals surface area contributed by atoms with Crippen LogP contribution < -0.4 is 16.0 Å². The van der Waals surface area contributed by atoms with Gasteiger partial charge in [-0.2, -0.15) is 0 Å². The zero-order valence-electron chi connectivity index (χ0n) is 19.0. The van der Waals surface area contributed by atoms with Gasteiger partial charge in [0.1, 0.15) is 11.5 Å². The topological polar surface area (TPSA) is 96.0 Å². The minimum Gasteiger partial charge on any atom is -0.328 e. The van der Waals surface area contributed by atoms with Gasteiger partial charge in [0.25, 0.3) is 0 Å². The second-order valence-electron chi connectivity index (χ2n) is 9.64. The second kappa shape index (κ2) is 9.54.